The summed E-state index contributed by atoms with van der Waals surface area (Å²) in [4.78, 5) is 17.9. The van der Waals surface area contributed by atoms with Gasteiger partial charge in [0.25, 0.3) is 0 Å². The topological polar surface area (TPSA) is 63.2 Å². The van der Waals surface area contributed by atoms with Gasteiger partial charge in [-0.2, -0.15) is 13.2 Å². The molecule has 158 valence electrons. The van der Waals surface area contributed by atoms with Crippen molar-refractivity contribution in [2.75, 3.05) is 33.9 Å². The zero-order valence-electron chi connectivity index (χ0n) is 15.8. The predicted molar refractivity (Wildman–Crippen MR) is 110 cm³/mol. The fraction of sp³-hybridized carbons (Fsp3) is 0.556. The summed E-state index contributed by atoms with van der Waals surface area (Å²) in [6.07, 6.45) is -3.06. The molecule has 0 spiro atoms. The van der Waals surface area contributed by atoms with Gasteiger partial charge in [-0.15, -0.1) is 24.0 Å². The van der Waals surface area contributed by atoms with Gasteiger partial charge >= 0.3 is 12.1 Å². The van der Waals surface area contributed by atoms with E-state index in [0.717, 1.165) is 0 Å². The Kier molecular flexibility index (Phi) is 9.83. The predicted octanol–water partition coefficient (Wildman–Crippen LogP) is 3.21. The number of halogens is 4. The van der Waals surface area contributed by atoms with Crippen molar-refractivity contribution >= 4 is 35.9 Å². The van der Waals surface area contributed by atoms with E-state index in [1.807, 2.05) is 4.90 Å². The molecule has 28 heavy (non-hydrogen) atoms. The van der Waals surface area contributed by atoms with Crippen LogP contribution >= 0.6 is 24.0 Å². The maximum absolute atomic E-state index is 12.4. The normalized spacial score (nSPS) is 15.6. The lowest BCUT2D eigenvalue weighted by Crippen LogP contribution is -2.46. The van der Waals surface area contributed by atoms with Crippen LogP contribution in [0.15, 0.2) is 29.3 Å². The molecule has 0 amide bonds. The highest BCUT2D eigenvalue weighted by Gasteiger charge is 2.29. The summed E-state index contributed by atoms with van der Waals surface area (Å²) >= 11 is 0. The van der Waals surface area contributed by atoms with E-state index in [1.54, 1.807) is 25.2 Å². The highest BCUT2D eigenvalue weighted by atomic mass is 127. The number of likely N-dealkylation sites (tertiary alicyclic amines) is 1. The molecule has 0 aliphatic carbocycles. The third kappa shape index (κ3) is 7.36. The van der Waals surface area contributed by atoms with Crippen LogP contribution in [0.25, 0.3) is 0 Å². The van der Waals surface area contributed by atoms with Gasteiger partial charge < -0.3 is 19.7 Å². The van der Waals surface area contributed by atoms with Crippen LogP contribution < -0.4 is 10.1 Å². The summed E-state index contributed by atoms with van der Waals surface area (Å²) in [5, 5.41) is 3.15. The van der Waals surface area contributed by atoms with Crippen molar-refractivity contribution < 1.29 is 27.4 Å². The van der Waals surface area contributed by atoms with Crippen LogP contribution in [0.4, 0.5) is 13.2 Å². The van der Waals surface area contributed by atoms with Crippen LogP contribution in [0, 0.1) is 5.92 Å². The Morgan fingerprint density at radius 2 is 1.93 bits per heavy atom. The molecule has 1 fully saturated rings. The summed E-state index contributed by atoms with van der Waals surface area (Å²) < 4.78 is 46.9. The minimum atomic E-state index is -4.39. The van der Waals surface area contributed by atoms with Gasteiger partial charge in [0.05, 0.1) is 13.0 Å². The average molecular weight is 515 g/mol. The standard InChI is InChI=1S/C18H24F3N3O3.HI/c1-22-17(24-9-7-13(8-10-24)16(25)26-2)23-11-14-5-3-4-6-15(14)27-12-18(19,20)21;/h3-6,13H,7-12H2,1-2H3,(H,22,23);1H. The molecule has 1 aliphatic rings. The van der Waals surface area contributed by atoms with Crippen molar-refractivity contribution in [1.82, 2.24) is 10.2 Å². The molecular formula is C18H25F3IN3O3. The second-order valence-electron chi connectivity index (χ2n) is 6.20. The van der Waals surface area contributed by atoms with Crippen molar-refractivity contribution in [2.24, 2.45) is 10.9 Å². The lowest BCUT2D eigenvalue weighted by Gasteiger charge is -2.33. The Balaban J connectivity index is 0.00000392. The lowest BCUT2D eigenvalue weighted by molar-refractivity contribution is -0.153. The Bertz CT molecular complexity index is 663. The number of nitrogens with one attached hydrogen (secondary N) is 1. The van der Waals surface area contributed by atoms with Gasteiger partial charge in [0.2, 0.25) is 0 Å². The first kappa shape index (κ1) is 24.3. The van der Waals surface area contributed by atoms with Gasteiger partial charge in [-0.1, -0.05) is 18.2 Å². The maximum atomic E-state index is 12.4. The highest BCUT2D eigenvalue weighted by molar-refractivity contribution is 14.0. The van der Waals surface area contributed by atoms with Crippen LogP contribution in [-0.4, -0.2) is 56.9 Å². The molecule has 2 rings (SSSR count). The summed E-state index contributed by atoms with van der Waals surface area (Å²) in [6, 6.07) is 6.58. The fourth-order valence-electron chi connectivity index (χ4n) is 2.95. The monoisotopic (exact) mass is 515 g/mol. The SMILES string of the molecule is CN=C(NCc1ccccc1OCC(F)(F)F)N1CCC(C(=O)OC)CC1.I. The molecule has 0 radical (unpaired) electrons. The van der Waals surface area contributed by atoms with Gasteiger partial charge in [0.1, 0.15) is 5.75 Å². The number of carbonyl (C=O) groups excluding carboxylic acids is 1. The molecule has 0 saturated carbocycles. The number of nitrogens with zero attached hydrogens (tertiary/aromatic N) is 2. The second-order valence-corrected chi connectivity index (χ2v) is 6.20. The van der Waals surface area contributed by atoms with E-state index in [9.17, 15) is 18.0 Å². The minimum absolute atomic E-state index is 0. The Morgan fingerprint density at radius 3 is 2.50 bits per heavy atom. The zero-order valence-corrected chi connectivity index (χ0v) is 18.1. The van der Waals surface area contributed by atoms with Crippen molar-refractivity contribution in [2.45, 2.75) is 25.6 Å². The fourth-order valence-corrected chi connectivity index (χ4v) is 2.95. The van der Waals surface area contributed by atoms with E-state index in [-0.39, 0.29) is 48.2 Å². The number of carbonyl (C=O) groups is 1. The average Bonchev–Trinajstić information content (AvgIpc) is 2.67. The molecule has 0 bridgehead atoms. The number of benzene rings is 1. The third-order valence-electron chi connectivity index (χ3n) is 4.34. The van der Waals surface area contributed by atoms with Gasteiger partial charge in [-0.05, 0) is 18.9 Å². The van der Waals surface area contributed by atoms with Crippen LogP contribution in [0.3, 0.4) is 0 Å². The van der Waals surface area contributed by atoms with Crippen LogP contribution in [-0.2, 0) is 16.1 Å². The van der Waals surface area contributed by atoms with Crippen molar-refractivity contribution in [3.05, 3.63) is 29.8 Å². The number of para-hydroxylation sites is 1. The molecule has 1 heterocycles. The number of ether oxygens (including phenoxy) is 2. The summed E-state index contributed by atoms with van der Waals surface area (Å²) in [6.45, 7) is 0.231. The summed E-state index contributed by atoms with van der Waals surface area (Å²) in [5.74, 6) is 0.500. The molecule has 0 atom stereocenters. The van der Waals surface area contributed by atoms with E-state index in [4.69, 9.17) is 9.47 Å². The van der Waals surface area contributed by atoms with Crippen molar-refractivity contribution in [1.29, 1.82) is 0 Å². The first-order valence-electron chi connectivity index (χ1n) is 8.65. The summed E-state index contributed by atoms with van der Waals surface area (Å²) in [5.41, 5.74) is 0.604. The van der Waals surface area contributed by atoms with Crippen molar-refractivity contribution in [3.63, 3.8) is 0 Å². The van der Waals surface area contributed by atoms with Crippen LogP contribution in [0.1, 0.15) is 18.4 Å². The quantitative estimate of drug-likeness (QED) is 0.283. The first-order chi connectivity index (χ1) is 12.8. The number of aliphatic imine (C=N–C) groups is 1. The molecule has 0 aromatic heterocycles. The van der Waals surface area contributed by atoms with Crippen molar-refractivity contribution in [3.8, 4) is 5.75 Å². The number of piperidine rings is 1. The van der Waals surface area contributed by atoms with Crippen LogP contribution in [0.5, 0.6) is 5.75 Å². The number of methoxy groups -OCH3 is 1. The van der Waals surface area contributed by atoms with E-state index >= 15 is 0 Å². The number of hydrogen-bond acceptors (Lipinski definition) is 4. The minimum Gasteiger partial charge on any atom is -0.484 e. The highest BCUT2D eigenvalue weighted by Crippen LogP contribution is 2.22. The molecule has 0 unspecified atom stereocenters. The molecular weight excluding hydrogens is 490 g/mol. The van der Waals surface area contributed by atoms with Gasteiger partial charge in [-0.25, -0.2) is 0 Å². The van der Waals surface area contributed by atoms with E-state index in [1.165, 1.54) is 13.2 Å². The number of hydrogen-bond donors (Lipinski definition) is 1. The van der Waals surface area contributed by atoms with E-state index < -0.39 is 12.8 Å². The molecule has 1 saturated heterocycles. The second kappa shape index (κ2) is 11.3. The molecule has 1 aliphatic heterocycles. The van der Waals surface area contributed by atoms with Gasteiger partial charge in [0.15, 0.2) is 12.6 Å². The first-order valence-corrected chi connectivity index (χ1v) is 8.65. The molecule has 6 nitrogen and oxygen atoms in total. The zero-order chi connectivity index (χ0) is 19.9. The lowest BCUT2D eigenvalue weighted by atomic mass is 9.97. The number of guanidine groups is 1. The van der Waals surface area contributed by atoms with E-state index in [0.29, 0.717) is 37.5 Å². The smallest absolute Gasteiger partial charge is 0.422 e. The van der Waals surface area contributed by atoms with E-state index in [2.05, 4.69) is 10.3 Å². The molecule has 1 aromatic rings. The van der Waals surface area contributed by atoms with Gasteiger partial charge in [0, 0.05) is 32.2 Å². The number of esters is 1. The number of alkyl halides is 3. The Labute approximate surface area is 179 Å². The molecule has 10 heteroatoms. The third-order valence-corrected chi connectivity index (χ3v) is 4.34. The van der Waals surface area contributed by atoms with Gasteiger partial charge in [-0.3, -0.25) is 9.79 Å². The summed E-state index contributed by atoms with van der Waals surface area (Å²) in [7, 11) is 3.02. The number of rotatable bonds is 5. The maximum Gasteiger partial charge on any atom is 0.422 e. The molecule has 1 aromatic carbocycles. The Hall–Kier alpha value is -1.72. The molecule has 1 N–H and O–H groups in total. The van der Waals surface area contributed by atoms with Crippen LogP contribution in [0.2, 0.25) is 0 Å². The largest absolute Gasteiger partial charge is 0.484 e. The Morgan fingerprint density at radius 1 is 1.29 bits per heavy atom.